The molecule has 0 aromatic rings. The molecule has 0 atom stereocenters. The summed E-state index contributed by atoms with van der Waals surface area (Å²) in [6.45, 7) is 0.669. The van der Waals surface area contributed by atoms with Crippen LogP contribution >= 0.6 is 0 Å². The van der Waals surface area contributed by atoms with E-state index in [0.29, 0.717) is 26.1 Å². The van der Waals surface area contributed by atoms with Crippen molar-refractivity contribution in [1.29, 1.82) is 10.5 Å². The Balaban J connectivity index is 2.73. The van der Waals surface area contributed by atoms with Crippen molar-refractivity contribution in [2.24, 2.45) is 5.73 Å². The average molecular weight is 222 g/mol. The molecule has 1 aliphatic heterocycles. The van der Waals surface area contributed by atoms with Gasteiger partial charge in [-0.25, -0.2) is 0 Å². The van der Waals surface area contributed by atoms with Gasteiger partial charge in [-0.15, -0.1) is 0 Å². The molecule has 1 heterocycles. The number of rotatable bonds is 3. The van der Waals surface area contributed by atoms with Crippen LogP contribution in [0.1, 0.15) is 12.8 Å². The van der Waals surface area contributed by atoms with Crippen LogP contribution in [0.25, 0.3) is 0 Å². The largest absolute Gasteiger partial charge is 0.381 e. The SMILES string of the molecule is N#CCN(CC#N)C(=O)C1(N)CCOCC1. The second-order valence-electron chi connectivity index (χ2n) is 3.75. The third kappa shape index (κ3) is 2.69. The van der Waals surface area contributed by atoms with Gasteiger partial charge in [0.1, 0.15) is 18.6 Å². The molecular weight excluding hydrogens is 208 g/mol. The highest BCUT2D eigenvalue weighted by Gasteiger charge is 2.38. The number of nitrogens with zero attached hydrogens (tertiary/aromatic N) is 3. The third-order valence-corrected chi connectivity index (χ3v) is 2.62. The van der Waals surface area contributed by atoms with Crippen LogP contribution in [0.2, 0.25) is 0 Å². The highest BCUT2D eigenvalue weighted by atomic mass is 16.5. The molecule has 0 aromatic carbocycles. The number of hydrogen-bond acceptors (Lipinski definition) is 5. The maximum Gasteiger partial charge on any atom is 0.244 e. The molecule has 86 valence electrons. The molecule has 0 aliphatic carbocycles. The topological polar surface area (TPSA) is 103 Å². The zero-order chi connectivity index (χ0) is 12.0. The summed E-state index contributed by atoms with van der Waals surface area (Å²) >= 11 is 0. The molecule has 1 aliphatic rings. The van der Waals surface area contributed by atoms with Crippen molar-refractivity contribution in [3.8, 4) is 12.1 Å². The second kappa shape index (κ2) is 5.45. The van der Waals surface area contributed by atoms with Crippen LogP contribution in [0.4, 0.5) is 0 Å². The Kier molecular flexibility index (Phi) is 4.24. The highest BCUT2D eigenvalue weighted by Crippen LogP contribution is 2.20. The summed E-state index contributed by atoms with van der Waals surface area (Å²) in [5.74, 6) is -0.334. The smallest absolute Gasteiger partial charge is 0.244 e. The van der Waals surface area contributed by atoms with Gasteiger partial charge in [-0.2, -0.15) is 10.5 Å². The zero-order valence-electron chi connectivity index (χ0n) is 8.98. The molecule has 2 N–H and O–H groups in total. The third-order valence-electron chi connectivity index (χ3n) is 2.62. The molecule has 0 unspecified atom stereocenters. The predicted octanol–water partition coefficient (Wildman–Crippen LogP) is -0.630. The van der Waals surface area contributed by atoms with Crippen LogP contribution < -0.4 is 5.73 Å². The van der Waals surface area contributed by atoms with Crippen molar-refractivity contribution in [3.05, 3.63) is 0 Å². The molecule has 1 amide bonds. The van der Waals surface area contributed by atoms with E-state index in [1.807, 2.05) is 12.1 Å². The van der Waals surface area contributed by atoms with Crippen LogP contribution in [-0.4, -0.2) is 42.6 Å². The fourth-order valence-corrected chi connectivity index (χ4v) is 1.63. The molecular formula is C10H14N4O2. The summed E-state index contributed by atoms with van der Waals surface area (Å²) in [6, 6.07) is 3.71. The Morgan fingerprint density at radius 1 is 1.31 bits per heavy atom. The van der Waals surface area contributed by atoms with E-state index in [1.54, 1.807) is 0 Å². The fourth-order valence-electron chi connectivity index (χ4n) is 1.63. The maximum atomic E-state index is 12.0. The van der Waals surface area contributed by atoms with Gasteiger partial charge in [0.05, 0.1) is 12.1 Å². The summed E-state index contributed by atoms with van der Waals surface area (Å²) in [5.41, 5.74) is 4.99. The molecule has 1 fully saturated rings. The number of ether oxygens (including phenoxy) is 1. The van der Waals surface area contributed by atoms with Gasteiger partial charge in [0.2, 0.25) is 5.91 Å². The van der Waals surface area contributed by atoms with Gasteiger partial charge >= 0.3 is 0 Å². The Bertz CT molecular complexity index is 320. The van der Waals surface area contributed by atoms with Gasteiger partial charge in [-0.3, -0.25) is 4.79 Å². The lowest BCUT2D eigenvalue weighted by Gasteiger charge is -2.35. The van der Waals surface area contributed by atoms with Crippen molar-refractivity contribution >= 4 is 5.91 Å². The fraction of sp³-hybridized carbons (Fsp3) is 0.700. The van der Waals surface area contributed by atoms with E-state index in [1.165, 1.54) is 4.90 Å². The summed E-state index contributed by atoms with van der Waals surface area (Å²) in [4.78, 5) is 13.2. The summed E-state index contributed by atoms with van der Waals surface area (Å²) in [6.07, 6.45) is 0.860. The lowest BCUT2D eigenvalue weighted by Crippen LogP contribution is -2.58. The molecule has 1 rings (SSSR count). The van der Waals surface area contributed by atoms with Crippen molar-refractivity contribution in [1.82, 2.24) is 4.90 Å². The van der Waals surface area contributed by atoms with Crippen LogP contribution in [-0.2, 0) is 9.53 Å². The first kappa shape index (κ1) is 12.4. The number of hydrogen-bond donors (Lipinski definition) is 1. The first-order chi connectivity index (χ1) is 7.64. The minimum Gasteiger partial charge on any atom is -0.381 e. The molecule has 6 nitrogen and oxygen atoms in total. The van der Waals surface area contributed by atoms with Gasteiger partial charge in [-0.1, -0.05) is 0 Å². The van der Waals surface area contributed by atoms with Crippen molar-refractivity contribution < 1.29 is 9.53 Å². The van der Waals surface area contributed by atoms with E-state index in [9.17, 15) is 4.79 Å². The molecule has 0 aromatic heterocycles. The first-order valence-corrected chi connectivity index (χ1v) is 5.04. The van der Waals surface area contributed by atoms with E-state index in [-0.39, 0.29) is 19.0 Å². The molecule has 0 radical (unpaired) electrons. The van der Waals surface area contributed by atoms with E-state index in [0.717, 1.165) is 0 Å². The van der Waals surface area contributed by atoms with E-state index in [2.05, 4.69) is 0 Å². The number of amides is 1. The molecule has 1 saturated heterocycles. The van der Waals surface area contributed by atoms with Crippen LogP contribution in [0.3, 0.4) is 0 Å². The standard InChI is InChI=1S/C10H14N4O2/c11-3-5-14(6-4-12)9(15)10(13)1-7-16-8-2-10/h1-2,5-8,13H2. The normalized spacial score (nSPS) is 18.2. The molecule has 0 spiro atoms. The molecule has 16 heavy (non-hydrogen) atoms. The monoisotopic (exact) mass is 222 g/mol. The maximum absolute atomic E-state index is 12.0. The summed E-state index contributed by atoms with van der Waals surface area (Å²) in [7, 11) is 0. The van der Waals surface area contributed by atoms with Gasteiger partial charge in [0.15, 0.2) is 0 Å². The van der Waals surface area contributed by atoms with E-state index < -0.39 is 5.54 Å². The molecule has 6 heteroatoms. The minimum atomic E-state index is -0.980. The van der Waals surface area contributed by atoms with Gasteiger partial charge in [0, 0.05) is 13.2 Å². The Morgan fingerprint density at radius 2 is 1.81 bits per heavy atom. The summed E-state index contributed by atoms with van der Waals surface area (Å²) in [5, 5.41) is 17.2. The lowest BCUT2D eigenvalue weighted by atomic mass is 9.89. The van der Waals surface area contributed by atoms with Gasteiger partial charge in [0.25, 0.3) is 0 Å². The number of carbonyl (C=O) groups is 1. The second-order valence-corrected chi connectivity index (χ2v) is 3.75. The average Bonchev–Trinajstić information content (AvgIpc) is 2.29. The Hall–Kier alpha value is -1.63. The van der Waals surface area contributed by atoms with Crippen LogP contribution in [0.5, 0.6) is 0 Å². The van der Waals surface area contributed by atoms with Gasteiger partial charge < -0.3 is 15.4 Å². The van der Waals surface area contributed by atoms with Crippen LogP contribution in [0.15, 0.2) is 0 Å². The van der Waals surface area contributed by atoms with Crippen LogP contribution in [0, 0.1) is 22.7 Å². The Morgan fingerprint density at radius 3 is 2.25 bits per heavy atom. The van der Waals surface area contributed by atoms with Gasteiger partial charge in [-0.05, 0) is 12.8 Å². The first-order valence-electron chi connectivity index (χ1n) is 5.04. The molecule has 0 bridgehead atoms. The molecule has 0 saturated carbocycles. The number of nitrogens with two attached hydrogens (primary N) is 1. The van der Waals surface area contributed by atoms with E-state index >= 15 is 0 Å². The lowest BCUT2D eigenvalue weighted by molar-refractivity contribution is -0.139. The number of nitriles is 2. The minimum absolute atomic E-state index is 0.105. The highest BCUT2D eigenvalue weighted by molar-refractivity contribution is 5.86. The predicted molar refractivity (Wildman–Crippen MR) is 54.8 cm³/mol. The van der Waals surface area contributed by atoms with Crippen molar-refractivity contribution in [3.63, 3.8) is 0 Å². The van der Waals surface area contributed by atoms with E-state index in [4.69, 9.17) is 21.0 Å². The zero-order valence-corrected chi connectivity index (χ0v) is 8.98. The summed E-state index contributed by atoms with van der Waals surface area (Å²) < 4.78 is 5.13. The Labute approximate surface area is 94.2 Å². The number of carbonyl (C=O) groups excluding carboxylic acids is 1. The van der Waals surface area contributed by atoms with Crippen molar-refractivity contribution in [2.45, 2.75) is 18.4 Å². The quantitative estimate of drug-likeness (QED) is 0.640. The van der Waals surface area contributed by atoms with Crippen molar-refractivity contribution in [2.75, 3.05) is 26.3 Å².